The van der Waals surface area contributed by atoms with Gasteiger partial charge in [0.15, 0.2) is 0 Å². The first-order valence-electron chi connectivity index (χ1n) is 8.86. The average molecular weight is 362 g/mol. The number of anilines is 1. The molecule has 1 amide bonds. The van der Waals surface area contributed by atoms with E-state index in [4.69, 9.17) is 4.74 Å². The van der Waals surface area contributed by atoms with Crippen LogP contribution in [0.5, 0.6) is 5.75 Å². The molecule has 4 rings (SSSR count). The fourth-order valence-electron chi connectivity index (χ4n) is 3.32. The van der Waals surface area contributed by atoms with Gasteiger partial charge in [0, 0.05) is 29.4 Å². The molecule has 1 aliphatic heterocycles. The van der Waals surface area contributed by atoms with E-state index in [-0.39, 0.29) is 11.7 Å². The number of carbonyl (C=O) groups excluding carboxylic acids is 1. The van der Waals surface area contributed by atoms with E-state index in [9.17, 15) is 9.18 Å². The van der Waals surface area contributed by atoms with Gasteiger partial charge in [0.2, 0.25) is 5.91 Å². The number of nitrogens with zero attached hydrogens (tertiary/aromatic N) is 1. The number of halogens is 1. The largest absolute Gasteiger partial charge is 0.487 e. The van der Waals surface area contributed by atoms with E-state index in [1.807, 2.05) is 25.1 Å². The van der Waals surface area contributed by atoms with Gasteiger partial charge in [0.25, 0.3) is 0 Å². The van der Waals surface area contributed by atoms with Crippen LogP contribution in [-0.2, 0) is 17.8 Å². The number of pyridine rings is 1. The van der Waals surface area contributed by atoms with E-state index < -0.39 is 0 Å². The van der Waals surface area contributed by atoms with Crippen molar-refractivity contribution >= 4 is 11.6 Å². The van der Waals surface area contributed by atoms with Gasteiger partial charge in [-0.15, -0.1) is 0 Å². The second-order valence-corrected chi connectivity index (χ2v) is 6.60. The van der Waals surface area contributed by atoms with Gasteiger partial charge in [-0.1, -0.05) is 18.2 Å². The number of aryl methyl sites for hydroxylation is 1. The molecule has 0 saturated heterocycles. The Bertz CT molecular complexity index is 1000. The minimum Gasteiger partial charge on any atom is -0.487 e. The molecule has 27 heavy (non-hydrogen) atoms. The Kier molecular flexibility index (Phi) is 4.59. The molecule has 2 aromatic carbocycles. The predicted octanol–water partition coefficient (Wildman–Crippen LogP) is 4.66. The van der Waals surface area contributed by atoms with Crippen LogP contribution < -0.4 is 10.1 Å². The van der Waals surface area contributed by atoms with Crippen LogP contribution in [0.3, 0.4) is 0 Å². The summed E-state index contributed by atoms with van der Waals surface area (Å²) in [4.78, 5) is 16.4. The standard InChI is InChI=1S/C22H19FN2O2/c1-14-19-13-27-21-12-24-11-10-18(21)17(19)7-8-20(14)25-22(26)9-4-15-2-5-16(23)6-3-15/h2-3,5-8,10-12H,4,9,13H2,1H3,(H,25,26). The molecule has 0 radical (unpaired) electrons. The Morgan fingerprint density at radius 3 is 2.78 bits per heavy atom. The number of ether oxygens (including phenoxy) is 1. The van der Waals surface area contributed by atoms with Crippen molar-refractivity contribution in [2.75, 3.05) is 5.32 Å². The normalized spacial score (nSPS) is 11.9. The van der Waals surface area contributed by atoms with E-state index >= 15 is 0 Å². The molecule has 2 heterocycles. The average Bonchev–Trinajstić information content (AvgIpc) is 2.69. The molecule has 0 saturated carbocycles. The van der Waals surface area contributed by atoms with E-state index in [0.29, 0.717) is 19.4 Å². The van der Waals surface area contributed by atoms with Crippen molar-refractivity contribution < 1.29 is 13.9 Å². The molecule has 1 aromatic heterocycles. The number of hydrogen-bond donors (Lipinski definition) is 1. The van der Waals surface area contributed by atoms with Crippen molar-refractivity contribution in [3.05, 3.63) is 77.4 Å². The van der Waals surface area contributed by atoms with Gasteiger partial charge in [0.05, 0.1) is 6.20 Å². The first-order chi connectivity index (χ1) is 13.1. The highest BCUT2D eigenvalue weighted by atomic mass is 19.1. The summed E-state index contributed by atoms with van der Waals surface area (Å²) in [5.74, 6) is 0.441. The number of amides is 1. The Labute approximate surface area is 157 Å². The van der Waals surface area contributed by atoms with Gasteiger partial charge >= 0.3 is 0 Å². The molecule has 0 bridgehead atoms. The van der Waals surface area contributed by atoms with Crippen LogP contribution in [-0.4, -0.2) is 10.9 Å². The quantitative estimate of drug-likeness (QED) is 0.734. The summed E-state index contributed by atoms with van der Waals surface area (Å²) < 4.78 is 18.8. The van der Waals surface area contributed by atoms with Crippen LogP contribution >= 0.6 is 0 Å². The number of fused-ring (bicyclic) bond motifs is 3. The Morgan fingerprint density at radius 2 is 1.96 bits per heavy atom. The van der Waals surface area contributed by atoms with Crippen molar-refractivity contribution in [2.24, 2.45) is 0 Å². The zero-order valence-electron chi connectivity index (χ0n) is 15.0. The number of rotatable bonds is 4. The summed E-state index contributed by atoms with van der Waals surface area (Å²) in [6.45, 7) is 2.45. The topological polar surface area (TPSA) is 51.2 Å². The van der Waals surface area contributed by atoms with Crippen molar-refractivity contribution in [1.82, 2.24) is 4.98 Å². The van der Waals surface area contributed by atoms with Gasteiger partial charge in [-0.05, 0) is 54.3 Å². The first-order valence-corrected chi connectivity index (χ1v) is 8.86. The van der Waals surface area contributed by atoms with Crippen molar-refractivity contribution in [2.45, 2.75) is 26.4 Å². The van der Waals surface area contributed by atoms with Crippen molar-refractivity contribution in [3.8, 4) is 16.9 Å². The maximum atomic E-state index is 13.0. The molecule has 4 nitrogen and oxygen atoms in total. The molecule has 0 atom stereocenters. The van der Waals surface area contributed by atoms with Crippen LogP contribution in [0, 0.1) is 12.7 Å². The molecule has 136 valence electrons. The van der Waals surface area contributed by atoms with Gasteiger partial charge < -0.3 is 10.1 Å². The molecular formula is C22H19FN2O2. The van der Waals surface area contributed by atoms with Crippen LogP contribution in [0.1, 0.15) is 23.1 Å². The first kappa shape index (κ1) is 17.2. The van der Waals surface area contributed by atoms with Gasteiger partial charge in [0.1, 0.15) is 18.2 Å². The number of benzene rings is 2. The Hall–Kier alpha value is -3.21. The lowest BCUT2D eigenvalue weighted by atomic mass is 9.93. The smallest absolute Gasteiger partial charge is 0.224 e. The fourth-order valence-corrected chi connectivity index (χ4v) is 3.32. The fraction of sp³-hybridized carbons (Fsp3) is 0.182. The summed E-state index contributed by atoms with van der Waals surface area (Å²) in [5, 5.41) is 2.99. The Balaban J connectivity index is 1.49. The highest BCUT2D eigenvalue weighted by molar-refractivity contribution is 5.92. The molecule has 0 fully saturated rings. The second-order valence-electron chi connectivity index (χ2n) is 6.60. The zero-order valence-corrected chi connectivity index (χ0v) is 15.0. The lowest BCUT2D eigenvalue weighted by Gasteiger charge is -2.23. The van der Waals surface area contributed by atoms with E-state index in [0.717, 1.165) is 39.3 Å². The Morgan fingerprint density at radius 1 is 1.15 bits per heavy atom. The number of carbonyl (C=O) groups is 1. The lowest BCUT2D eigenvalue weighted by molar-refractivity contribution is -0.116. The third-order valence-electron chi connectivity index (χ3n) is 4.87. The zero-order chi connectivity index (χ0) is 18.8. The summed E-state index contributed by atoms with van der Waals surface area (Å²) in [6, 6.07) is 12.1. The number of hydrogen-bond acceptors (Lipinski definition) is 3. The SMILES string of the molecule is Cc1c(NC(=O)CCc2ccc(F)cc2)ccc2c1COc1cnccc1-2. The maximum Gasteiger partial charge on any atom is 0.224 e. The van der Waals surface area contributed by atoms with E-state index in [1.165, 1.54) is 12.1 Å². The predicted molar refractivity (Wildman–Crippen MR) is 102 cm³/mol. The monoisotopic (exact) mass is 362 g/mol. The third-order valence-corrected chi connectivity index (χ3v) is 4.87. The molecule has 5 heteroatoms. The highest BCUT2D eigenvalue weighted by Gasteiger charge is 2.20. The van der Waals surface area contributed by atoms with Crippen LogP contribution in [0.15, 0.2) is 54.9 Å². The number of aromatic nitrogens is 1. The van der Waals surface area contributed by atoms with Gasteiger partial charge in [-0.3, -0.25) is 9.78 Å². The van der Waals surface area contributed by atoms with E-state index in [2.05, 4.69) is 10.3 Å². The van der Waals surface area contributed by atoms with E-state index in [1.54, 1.807) is 24.5 Å². The van der Waals surface area contributed by atoms with Crippen molar-refractivity contribution in [3.63, 3.8) is 0 Å². The molecule has 0 aliphatic carbocycles. The lowest BCUT2D eigenvalue weighted by Crippen LogP contribution is -2.15. The van der Waals surface area contributed by atoms with Gasteiger partial charge in [-0.2, -0.15) is 0 Å². The second kappa shape index (κ2) is 7.19. The van der Waals surface area contributed by atoms with Crippen molar-refractivity contribution in [1.29, 1.82) is 0 Å². The summed E-state index contributed by atoms with van der Waals surface area (Å²) in [6.07, 6.45) is 4.38. The molecule has 3 aromatic rings. The molecule has 1 N–H and O–H groups in total. The highest BCUT2D eigenvalue weighted by Crippen LogP contribution is 2.39. The number of nitrogens with one attached hydrogen (secondary N) is 1. The summed E-state index contributed by atoms with van der Waals surface area (Å²) in [7, 11) is 0. The summed E-state index contributed by atoms with van der Waals surface area (Å²) >= 11 is 0. The van der Waals surface area contributed by atoms with Gasteiger partial charge in [-0.25, -0.2) is 4.39 Å². The van der Waals surface area contributed by atoms with Crippen LogP contribution in [0.2, 0.25) is 0 Å². The minimum atomic E-state index is -0.271. The van der Waals surface area contributed by atoms with Crippen LogP contribution in [0.25, 0.3) is 11.1 Å². The molecule has 1 aliphatic rings. The minimum absolute atomic E-state index is 0.0660. The van der Waals surface area contributed by atoms with Crippen LogP contribution in [0.4, 0.5) is 10.1 Å². The molecule has 0 unspecified atom stereocenters. The molecular weight excluding hydrogens is 343 g/mol. The molecule has 0 spiro atoms. The maximum absolute atomic E-state index is 13.0. The summed E-state index contributed by atoms with van der Waals surface area (Å²) in [5.41, 5.74) is 5.94. The third kappa shape index (κ3) is 3.53.